The second kappa shape index (κ2) is 5.61. The molecule has 1 aliphatic rings. The van der Waals surface area contributed by atoms with Crippen LogP contribution < -0.4 is 0 Å². The predicted octanol–water partition coefficient (Wildman–Crippen LogP) is 4.70. The number of carbonyl (C=O) groups excluding carboxylic acids is 1. The van der Waals surface area contributed by atoms with E-state index in [1.807, 2.05) is 6.92 Å². The van der Waals surface area contributed by atoms with Crippen LogP contribution in [0, 0.1) is 6.92 Å². The van der Waals surface area contributed by atoms with Crippen LogP contribution in [0.5, 0.6) is 0 Å². The zero-order valence-electron chi connectivity index (χ0n) is 12.8. The third-order valence-electron chi connectivity index (χ3n) is 3.85. The van der Waals surface area contributed by atoms with Crippen molar-refractivity contribution in [2.75, 3.05) is 0 Å². The number of allylic oxidation sites excluding steroid dienone is 1. The second-order valence-corrected chi connectivity index (χ2v) is 5.63. The van der Waals surface area contributed by atoms with E-state index in [1.165, 1.54) is 6.92 Å². The number of hydrogen-bond acceptors (Lipinski definition) is 2. The fourth-order valence-electron chi connectivity index (χ4n) is 2.69. The van der Waals surface area contributed by atoms with Gasteiger partial charge in [-0.15, -0.1) is 0 Å². The van der Waals surface area contributed by atoms with E-state index in [4.69, 9.17) is 4.74 Å². The van der Waals surface area contributed by atoms with E-state index in [0.717, 1.165) is 5.56 Å². The maximum atomic E-state index is 14.4. The molecule has 23 heavy (non-hydrogen) atoms. The Morgan fingerprint density at radius 3 is 2.22 bits per heavy atom. The summed E-state index contributed by atoms with van der Waals surface area (Å²) in [7, 11) is 0. The average Bonchev–Trinajstić information content (AvgIpc) is 3.08. The molecule has 0 aromatic heterocycles. The van der Waals surface area contributed by atoms with Crippen LogP contribution in [-0.2, 0) is 9.53 Å². The van der Waals surface area contributed by atoms with Crippen LogP contribution >= 0.6 is 0 Å². The minimum Gasteiger partial charge on any atom is -0.453 e. The first-order valence-electron chi connectivity index (χ1n) is 7.33. The first-order valence-corrected chi connectivity index (χ1v) is 7.33. The highest BCUT2D eigenvalue weighted by Crippen LogP contribution is 2.60. The van der Waals surface area contributed by atoms with Gasteiger partial charge in [0.15, 0.2) is 6.10 Å². The van der Waals surface area contributed by atoms with E-state index in [1.54, 1.807) is 54.6 Å². The number of rotatable bonds is 4. The molecule has 1 aliphatic carbocycles. The molecule has 4 heteroatoms. The largest absolute Gasteiger partial charge is 0.453 e. The fourth-order valence-corrected chi connectivity index (χ4v) is 2.69. The summed E-state index contributed by atoms with van der Waals surface area (Å²) in [5.41, 5.74) is 1.82. The van der Waals surface area contributed by atoms with Crippen molar-refractivity contribution in [3.05, 3.63) is 76.9 Å². The molecule has 2 aromatic carbocycles. The molecule has 1 unspecified atom stereocenters. The van der Waals surface area contributed by atoms with Crippen LogP contribution in [-0.4, -0.2) is 11.9 Å². The summed E-state index contributed by atoms with van der Waals surface area (Å²) in [5, 5.41) is 0. The van der Waals surface area contributed by atoms with Crippen LogP contribution in [0.4, 0.5) is 8.78 Å². The van der Waals surface area contributed by atoms with Gasteiger partial charge in [0.25, 0.3) is 5.92 Å². The monoisotopic (exact) mass is 314 g/mol. The van der Waals surface area contributed by atoms with Crippen molar-refractivity contribution >= 4 is 11.5 Å². The molecule has 0 bridgehead atoms. The smallest absolute Gasteiger partial charge is 0.303 e. The van der Waals surface area contributed by atoms with Crippen molar-refractivity contribution < 1.29 is 18.3 Å². The van der Waals surface area contributed by atoms with E-state index in [9.17, 15) is 13.6 Å². The highest BCUT2D eigenvalue weighted by atomic mass is 19.3. The number of aryl methyl sites for hydroxylation is 1. The number of hydrogen-bond donors (Lipinski definition) is 0. The molecule has 0 saturated heterocycles. The van der Waals surface area contributed by atoms with Gasteiger partial charge in [0, 0.05) is 12.5 Å². The molecule has 0 radical (unpaired) electrons. The van der Waals surface area contributed by atoms with Gasteiger partial charge >= 0.3 is 5.97 Å². The van der Waals surface area contributed by atoms with E-state index in [2.05, 4.69) is 0 Å². The Kier molecular flexibility index (Phi) is 3.76. The lowest BCUT2D eigenvalue weighted by atomic mass is 10.1. The number of alkyl halides is 2. The molecule has 0 fully saturated rings. The van der Waals surface area contributed by atoms with Crippen molar-refractivity contribution in [1.29, 1.82) is 0 Å². The zero-order valence-corrected chi connectivity index (χ0v) is 12.8. The molecule has 118 valence electrons. The van der Waals surface area contributed by atoms with Crippen molar-refractivity contribution in [2.24, 2.45) is 0 Å². The first-order chi connectivity index (χ1) is 10.9. The molecule has 2 nitrogen and oxygen atoms in total. The van der Waals surface area contributed by atoms with Crippen LogP contribution in [0.15, 0.2) is 60.2 Å². The maximum Gasteiger partial charge on any atom is 0.303 e. The molecule has 0 spiro atoms. The van der Waals surface area contributed by atoms with Gasteiger partial charge in [0.2, 0.25) is 0 Å². The average molecular weight is 314 g/mol. The van der Waals surface area contributed by atoms with Gasteiger partial charge in [-0.2, -0.15) is 8.78 Å². The van der Waals surface area contributed by atoms with Gasteiger partial charge in [-0.05, 0) is 18.1 Å². The van der Waals surface area contributed by atoms with Crippen molar-refractivity contribution in [2.45, 2.75) is 25.9 Å². The molecule has 0 aliphatic heterocycles. The van der Waals surface area contributed by atoms with Crippen molar-refractivity contribution in [3.63, 3.8) is 0 Å². The zero-order chi connectivity index (χ0) is 16.6. The normalized spacial score (nSPS) is 16.9. The molecule has 3 rings (SSSR count). The van der Waals surface area contributed by atoms with Gasteiger partial charge in [-0.25, -0.2) is 0 Å². The van der Waals surface area contributed by atoms with Gasteiger partial charge in [0.05, 0.1) is 5.57 Å². The molecule has 0 amide bonds. The topological polar surface area (TPSA) is 26.3 Å². The Bertz CT molecular complexity index is 762. The molecular formula is C19H16F2O2. The lowest BCUT2D eigenvalue weighted by molar-refractivity contribution is -0.145. The molecule has 0 heterocycles. The lowest BCUT2D eigenvalue weighted by Gasteiger charge is -2.15. The number of benzene rings is 2. The second-order valence-electron chi connectivity index (χ2n) is 5.63. The lowest BCUT2D eigenvalue weighted by Crippen LogP contribution is -2.12. The molecule has 2 aromatic rings. The van der Waals surface area contributed by atoms with E-state index in [-0.39, 0.29) is 11.1 Å². The van der Waals surface area contributed by atoms with E-state index in [0.29, 0.717) is 11.1 Å². The third kappa shape index (κ3) is 2.89. The van der Waals surface area contributed by atoms with Crippen LogP contribution in [0.3, 0.4) is 0 Å². The van der Waals surface area contributed by atoms with Gasteiger partial charge in [-0.3, -0.25) is 4.79 Å². The summed E-state index contributed by atoms with van der Waals surface area (Å²) in [6, 6.07) is 15.5. The Hall–Kier alpha value is -2.49. The number of carbonyl (C=O) groups is 1. The Labute approximate surface area is 133 Å². The summed E-state index contributed by atoms with van der Waals surface area (Å²) >= 11 is 0. The quantitative estimate of drug-likeness (QED) is 0.765. The Morgan fingerprint density at radius 2 is 1.65 bits per heavy atom. The van der Waals surface area contributed by atoms with Gasteiger partial charge in [-0.1, -0.05) is 60.2 Å². The minimum atomic E-state index is -3.05. The van der Waals surface area contributed by atoms with Gasteiger partial charge < -0.3 is 4.74 Å². The maximum absolute atomic E-state index is 14.4. The highest BCUT2D eigenvalue weighted by molar-refractivity contribution is 5.92. The summed E-state index contributed by atoms with van der Waals surface area (Å²) in [6.07, 6.45) is -1.06. The third-order valence-corrected chi connectivity index (χ3v) is 3.85. The van der Waals surface area contributed by atoms with Crippen LogP contribution in [0.25, 0.3) is 5.57 Å². The molecule has 0 saturated carbocycles. The summed E-state index contributed by atoms with van der Waals surface area (Å²) in [4.78, 5) is 11.4. The van der Waals surface area contributed by atoms with E-state index < -0.39 is 18.0 Å². The van der Waals surface area contributed by atoms with Gasteiger partial charge in [0.1, 0.15) is 0 Å². The summed E-state index contributed by atoms with van der Waals surface area (Å²) < 4.78 is 33.9. The first kappa shape index (κ1) is 15.4. The number of esters is 1. The van der Waals surface area contributed by atoms with Crippen molar-refractivity contribution in [3.8, 4) is 0 Å². The SMILES string of the molecule is CC(=O)OC(C1=C(c2ccc(C)cc2)C1(F)F)c1ccccc1. The molecular weight excluding hydrogens is 298 g/mol. The fraction of sp³-hybridized carbons (Fsp3) is 0.211. The summed E-state index contributed by atoms with van der Waals surface area (Å²) in [5.74, 6) is -3.64. The van der Waals surface area contributed by atoms with Crippen molar-refractivity contribution in [1.82, 2.24) is 0 Å². The highest BCUT2D eigenvalue weighted by Gasteiger charge is 2.60. The Morgan fingerprint density at radius 1 is 1.04 bits per heavy atom. The number of ether oxygens (including phenoxy) is 1. The van der Waals surface area contributed by atoms with Crippen LogP contribution in [0.1, 0.15) is 29.7 Å². The number of halogens is 2. The summed E-state index contributed by atoms with van der Waals surface area (Å²) in [6.45, 7) is 3.12. The minimum absolute atomic E-state index is 0.0485. The Balaban J connectivity index is 2.04. The van der Waals surface area contributed by atoms with Crippen LogP contribution in [0.2, 0.25) is 0 Å². The molecule has 1 atom stereocenters. The molecule has 0 N–H and O–H groups in total. The predicted molar refractivity (Wildman–Crippen MR) is 84.0 cm³/mol. The van der Waals surface area contributed by atoms with E-state index >= 15 is 0 Å². The standard InChI is InChI=1S/C19H16F2O2/c1-12-8-10-14(11-9-12)16-17(19(16,20)21)18(23-13(2)22)15-6-4-3-5-7-15/h3-11,18H,1-2H3.